The molecule has 2 N–H and O–H groups in total. The Morgan fingerprint density at radius 3 is 1.75 bits per heavy atom. The summed E-state index contributed by atoms with van der Waals surface area (Å²) in [6, 6.07) is 0. The minimum absolute atomic E-state index is 0.119. The van der Waals surface area contributed by atoms with Crippen LogP contribution in [0, 0.1) is 11.3 Å². The van der Waals surface area contributed by atoms with Crippen LogP contribution in [0.5, 0.6) is 0 Å². The maximum absolute atomic E-state index is 6.10. The highest BCUT2D eigenvalue weighted by Crippen LogP contribution is 2.44. The molecule has 1 aliphatic rings. The van der Waals surface area contributed by atoms with Crippen LogP contribution in [-0.2, 0) is 0 Å². The fourth-order valence-corrected chi connectivity index (χ4v) is 1.97. The van der Waals surface area contributed by atoms with Crippen molar-refractivity contribution in [2.45, 2.75) is 58.9 Å². The molecule has 0 spiro atoms. The van der Waals surface area contributed by atoms with Crippen molar-refractivity contribution in [2.75, 3.05) is 0 Å². The summed E-state index contributed by atoms with van der Waals surface area (Å²) in [6.07, 6.45) is 5.00. The van der Waals surface area contributed by atoms with Gasteiger partial charge in [-0.2, -0.15) is 0 Å². The van der Waals surface area contributed by atoms with E-state index < -0.39 is 0 Å². The highest BCUT2D eigenvalue weighted by Gasteiger charge is 2.36. The molecule has 1 rings (SSSR count). The predicted molar refractivity (Wildman–Crippen MR) is 54.0 cm³/mol. The number of nitrogens with two attached hydrogens (primary N) is 1. The molecule has 0 aromatic carbocycles. The van der Waals surface area contributed by atoms with Crippen molar-refractivity contribution >= 4 is 0 Å². The van der Waals surface area contributed by atoms with Gasteiger partial charge < -0.3 is 5.73 Å². The number of rotatable bonds is 1. The fourth-order valence-electron chi connectivity index (χ4n) is 1.97. The van der Waals surface area contributed by atoms with Gasteiger partial charge in [-0.15, -0.1) is 0 Å². The summed E-state index contributed by atoms with van der Waals surface area (Å²) in [5.41, 5.74) is 6.77. The topological polar surface area (TPSA) is 26.0 Å². The number of hydrogen-bond donors (Lipinski definition) is 1. The van der Waals surface area contributed by atoms with Crippen molar-refractivity contribution in [1.82, 2.24) is 0 Å². The van der Waals surface area contributed by atoms with Gasteiger partial charge in [-0.1, -0.05) is 20.8 Å². The van der Waals surface area contributed by atoms with E-state index in [-0.39, 0.29) is 5.54 Å². The molecule has 1 aliphatic carbocycles. The van der Waals surface area contributed by atoms with Crippen LogP contribution in [0.15, 0.2) is 0 Å². The average Bonchev–Trinajstić information content (AvgIpc) is 1.96. The van der Waals surface area contributed by atoms with Crippen LogP contribution >= 0.6 is 0 Å². The Hall–Kier alpha value is -0.0400. The van der Waals surface area contributed by atoms with Gasteiger partial charge in [-0.3, -0.25) is 0 Å². The van der Waals surface area contributed by atoms with E-state index in [0.29, 0.717) is 5.41 Å². The monoisotopic (exact) mass is 169 g/mol. The van der Waals surface area contributed by atoms with Crippen molar-refractivity contribution in [3.8, 4) is 0 Å². The maximum atomic E-state index is 6.10. The SMILES string of the molecule is CC(C)C1(C)CCC(C)(N)CC1. The molecule has 0 radical (unpaired) electrons. The Morgan fingerprint density at radius 1 is 1.00 bits per heavy atom. The first-order valence-electron chi connectivity index (χ1n) is 5.15. The van der Waals surface area contributed by atoms with Gasteiger partial charge in [-0.05, 0) is 43.9 Å². The molecule has 1 heteroatoms. The van der Waals surface area contributed by atoms with Gasteiger partial charge in [0.2, 0.25) is 0 Å². The maximum Gasteiger partial charge on any atom is 0.0126 e. The summed E-state index contributed by atoms with van der Waals surface area (Å²) in [5.74, 6) is 0.800. The molecule has 0 saturated heterocycles. The van der Waals surface area contributed by atoms with Crippen LogP contribution in [0.25, 0.3) is 0 Å². The Labute approximate surface area is 76.7 Å². The third kappa shape index (κ3) is 2.01. The largest absolute Gasteiger partial charge is 0.325 e. The van der Waals surface area contributed by atoms with Crippen LogP contribution < -0.4 is 5.73 Å². The summed E-state index contributed by atoms with van der Waals surface area (Å²) >= 11 is 0. The van der Waals surface area contributed by atoms with Gasteiger partial charge in [0.05, 0.1) is 0 Å². The molecular weight excluding hydrogens is 146 g/mol. The second kappa shape index (κ2) is 3.02. The van der Waals surface area contributed by atoms with Crippen LogP contribution in [0.1, 0.15) is 53.4 Å². The van der Waals surface area contributed by atoms with Crippen LogP contribution in [0.4, 0.5) is 0 Å². The summed E-state index contributed by atoms with van der Waals surface area (Å²) in [5, 5.41) is 0. The molecule has 0 aromatic rings. The first-order chi connectivity index (χ1) is 5.36. The zero-order valence-electron chi connectivity index (χ0n) is 8.98. The van der Waals surface area contributed by atoms with E-state index in [1.165, 1.54) is 25.7 Å². The van der Waals surface area contributed by atoms with Crippen LogP contribution in [-0.4, -0.2) is 5.54 Å². The number of hydrogen-bond acceptors (Lipinski definition) is 1. The Balaban J connectivity index is 2.55. The van der Waals surface area contributed by atoms with Crippen molar-refractivity contribution in [2.24, 2.45) is 17.1 Å². The van der Waals surface area contributed by atoms with Crippen molar-refractivity contribution < 1.29 is 0 Å². The molecule has 0 heterocycles. The lowest BCUT2D eigenvalue weighted by atomic mass is 9.64. The van der Waals surface area contributed by atoms with Gasteiger partial charge >= 0.3 is 0 Å². The van der Waals surface area contributed by atoms with Gasteiger partial charge in [0.15, 0.2) is 0 Å². The molecule has 1 fully saturated rings. The fraction of sp³-hybridized carbons (Fsp3) is 1.00. The van der Waals surface area contributed by atoms with Crippen molar-refractivity contribution in [3.63, 3.8) is 0 Å². The van der Waals surface area contributed by atoms with E-state index in [0.717, 1.165) is 5.92 Å². The van der Waals surface area contributed by atoms with E-state index in [2.05, 4.69) is 27.7 Å². The highest BCUT2D eigenvalue weighted by atomic mass is 14.7. The molecule has 0 amide bonds. The summed E-state index contributed by atoms with van der Waals surface area (Å²) < 4.78 is 0. The smallest absolute Gasteiger partial charge is 0.0126 e. The Bertz CT molecular complexity index is 148. The molecule has 0 atom stereocenters. The highest BCUT2D eigenvalue weighted by molar-refractivity contribution is 4.92. The molecule has 0 aromatic heterocycles. The summed E-state index contributed by atoms with van der Waals surface area (Å²) in [7, 11) is 0. The Morgan fingerprint density at radius 2 is 1.42 bits per heavy atom. The van der Waals surface area contributed by atoms with Crippen LogP contribution in [0.2, 0.25) is 0 Å². The molecule has 12 heavy (non-hydrogen) atoms. The van der Waals surface area contributed by atoms with E-state index in [1.807, 2.05) is 0 Å². The zero-order valence-corrected chi connectivity index (χ0v) is 8.98. The molecule has 0 bridgehead atoms. The molecule has 0 aliphatic heterocycles. The quantitative estimate of drug-likeness (QED) is 0.641. The predicted octanol–water partition coefficient (Wildman–Crippen LogP) is 2.94. The van der Waals surface area contributed by atoms with Crippen molar-refractivity contribution in [1.29, 1.82) is 0 Å². The van der Waals surface area contributed by atoms with E-state index >= 15 is 0 Å². The lowest BCUT2D eigenvalue weighted by Crippen LogP contribution is -2.44. The minimum atomic E-state index is 0.119. The first kappa shape index (κ1) is 10.0. The third-order valence-electron chi connectivity index (χ3n) is 3.93. The van der Waals surface area contributed by atoms with E-state index in [1.54, 1.807) is 0 Å². The van der Waals surface area contributed by atoms with Crippen molar-refractivity contribution in [3.05, 3.63) is 0 Å². The lowest BCUT2D eigenvalue weighted by Gasteiger charge is -2.43. The van der Waals surface area contributed by atoms with E-state index in [9.17, 15) is 0 Å². The summed E-state index contributed by atoms with van der Waals surface area (Å²) in [4.78, 5) is 0. The second-order valence-electron chi connectivity index (χ2n) is 5.46. The molecule has 0 unspecified atom stereocenters. The zero-order chi connectivity index (χ0) is 9.41. The van der Waals surface area contributed by atoms with Gasteiger partial charge in [-0.25, -0.2) is 0 Å². The molecule has 72 valence electrons. The Kier molecular flexibility index (Phi) is 2.53. The molecule has 1 saturated carbocycles. The molecular formula is C11H23N. The van der Waals surface area contributed by atoms with Crippen LogP contribution in [0.3, 0.4) is 0 Å². The third-order valence-corrected chi connectivity index (χ3v) is 3.93. The van der Waals surface area contributed by atoms with Gasteiger partial charge in [0.1, 0.15) is 0 Å². The standard InChI is InChI=1S/C11H23N/c1-9(2)10(3)5-7-11(4,12)8-6-10/h9H,5-8,12H2,1-4H3. The minimum Gasteiger partial charge on any atom is -0.325 e. The first-order valence-corrected chi connectivity index (χ1v) is 5.15. The second-order valence-corrected chi connectivity index (χ2v) is 5.46. The van der Waals surface area contributed by atoms with E-state index in [4.69, 9.17) is 5.73 Å². The van der Waals surface area contributed by atoms with Gasteiger partial charge in [0.25, 0.3) is 0 Å². The molecule has 1 nitrogen and oxygen atoms in total. The average molecular weight is 169 g/mol. The lowest BCUT2D eigenvalue weighted by molar-refractivity contribution is 0.104. The van der Waals surface area contributed by atoms with Gasteiger partial charge in [0, 0.05) is 5.54 Å². The summed E-state index contributed by atoms with van der Waals surface area (Å²) in [6.45, 7) is 9.26. The normalized spacial score (nSPS) is 43.5.